The summed E-state index contributed by atoms with van der Waals surface area (Å²) < 4.78 is 11.6. The van der Waals surface area contributed by atoms with Crippen LogP contribution in [-0.2, 0) is 32.7 Å². The Kier molecular flexibility index (Phi) is 6.87. The van der Waals surface area contributed by atoms with Gasteiger partial charge in [0.25, 0.3) is 0 Å². The monoisotopic (exact) mass is 456 g/mol. The molecule has 4 nitrogen and oxygen atoms in total. The highest BCUT2D eigenvalue weighted by Gasteiger charge is 2.39. The number of esters is 2. The highest BCUT2D eigenvalue weighted by atomic mass is 16.5. The second kappa shape index (κ2) is 9.84. The Hall–Kier alpha value is -3.40. The van der Waals surface area contributed by atoms with Crippen LogP contribution < -0.4 is 0 Å². The average molecular weight is 457 g/mol. The fourth-order valence-electron chi connectivity index (χ4n) is 4.49. The summed E-state index contributed by atoms with van der Waals surface area (Å²) in [5.41, 5.74) is 3.68. The van der Waals surface area contributed by atoms with E-state index in [1.165, 1.54) is 5.56 Å². The van der Waals surface area contributed by atoms with Crippen molar-refractivity contribution in [3.05, 3.63) is 107 Å². The van der Waals surface area contributed by atoms with Gasteiger partial charge in [-0.1, -0.05) is 80.6 Å². The van der Waals surface area contributed by atoms with E-state index in [0.29, 0.717) is 11.5 Å². The van der Waals surface area contributed by atoms with E-state index in [-0.39, 0.29) is 24.6 Å². The normalized spacial score (nSPS) is 19.7. The highest BCUT2D eigenvalue weighted by molar-refractivity contribution is 5.90. The lowest BCUT2D eigenvalue weighted by molar-refractivity contribution is -0.159. The Labute approximate surface area is 201 Å². The standard InChI is InChI=1S/C30H32O4/c1-20-18-24-12-8-9-13-26(24)27(21(20)2)34-29(32)30(3,4)25-16-14-23(15-17-25)28(31)33-19-22-10-6-5-7-11-22/h5-17,20-21,27H,18-19H2,1-4H3. The van der Waals surface area contributed by atoms with Crippen molar-refractivity contribution in [1.82, 2.24) is 0 Å². The molecule has 1 aliphatic carbocycles. The minimum absolute atomic E-state index is 0.221. The molecular formula is C30H32O4. The molecule has 0 aliphatic heterocycles. The molecular weight excluding hydrogens is 424 g/mol. The Balaban J connectivity index is 1.45. The maximum atomic E-state index is 13.4. The Morgan fingerprint density at radius 2 is 1.53 bits per heavy atom. The number of carbonyl (C=O) groups is 2. The summed E-state index contributed by atoms with van der Waals surface area (Å²) in [5.74, 6) is -0.00141. The summed E-state index contributed by atoms with van der Waals surface area (Å²) in [7, 11) is 0. The van der Waals surface area contributed by atoms with Crippen molar-refractivity contribution in [2.45, 2.75) is 52.2 Å². The topological polar surface area (TPSA) is 52.6 Å². The molecule has 0 radical (unpaired) electrons. The number of hydrogen-bond acceptors (Lipinski definition) is 4. The third kappa shape index (κ3) is 4.91. The first-order valence-corrected chi connectivity index (χ1v) is 11.9. The van der Waals surface area contributed by atoms with Gasteiger partial charge in [0.1, 0.15) is 12.7 Å². The van der Waals surface area contributed by atoms with Crippen LogP contribution in [0.3, 0.4) is 0 Å². The van der Waals surface area contributed by atoms with Crippen molar-refractivity contribution in [1.29, 1.82) is 0 Å². The molecule has 0 amide bonds. The summed E-state index contributed by atoms with van der Waals surface area (Å²) in [4.78, 5) is 25.8. The Bertz CT molecular complexity index is 1150. The van der Waals surface area contributed by atoms with E-state index in [4.69, 9.17) is 9.47 Å². The molecule has 0 N–H and O–H groups in total. The summed E-state index contributed by atoms with van der Waals surface area (Å²) in [6.07, 6.45) is 0.732. The second-order valence-electron chi connectivity index (χ2n) is 9.83. The van der Waals surface area contributed by atoms with Gasteiger partial charge >= 0.3 is 11.9 Å². The zero-order valence-corrected chi connectivity index (χ0v) is 20.3. The van der Waals surface area contributed by atoms with Gasteiger partial charge in [0.05, 0.1) is 11.0 Å². The van der Waals surface area contributed by atoms with E-state index in [2.05, 4.69) is 26.0 Å². The largest absolute Gasteiger partial charge is 0.457 e. The van der Waals surface area contributed by atoms with E-state index >= 15 is 0 Å². The molecule has 4 heteroatoms. The lowest BCUT2D eigenvalue weighted by Gasteiger charge is -2.37. The van der Waals surface area contributed by atoms with Crippen LogP contribution in [0.4, 0.5) is 0 Å². The smallest absolute Gasteiger partial charge is 0.338 e. The summed E-state index contributed by atoms with van der Waals surface area (Å²) in [6, 6.07) is 24.8. The van der Waals surface area contributed by atoms with Gasteiger partial charge in [0, 0.05) is 5.92 Å². The van der Waals surface area contributed by atoms with E-state index in [1.54, 1.807) is 24.3 Å². The van der Waals surface area contributed by atoms with Crippen molar-refractivity contribution in [2.75, 3.05) is 0 Å². The van der Waals surface area contributed by atoms with Crippen LogP contribution in [0.1, 0.15) is 66.4 Å². The molecule has 176 valence electrons. The van der Waals surface area contributed by atoms with Gasteiger partial charge < -0.3 is 9.47 Å². The molecule has 0 heterocycles. The predicted octanol–water partition coefficient (Wildman–Crippen LogP) is 6.43. The zero-order chi connectivity index (χ0) is 24.3. The highest BCUT2D eigenvalue weighted by Crippen LogP contribution is 2.41. The van der Waals surface area contributed by atoms with Crippen LogP contribution in [-0.4, -0.2) is 11.9 Å². The number of fused-ring (bicyclic) bond motifs is 1. The van der Waals surface area contributed by atoms with Gasteiger partial charge in [0.2, 0.25) is 0 Å². The molecule has 0 bridgehead atoms. The molecule has 0 fully saturated rings. The molecule has 34 heavy (non-hydrogen) atoms. The fourth-order valence-corrected chi connectivity index (χ4v) is 4.49. The van der Waals surface area contributed by atoms with Crippen molar-refractivity contribution in [3.63, 3.8) is 0 Å². The van der Waals surface area contributed by atoms with Crippen molar-refractivity contribution < 1.29 is 19.1 Å². The van der Waals surface area contributed by atoms with E-state index in [1.807, 2.05) is 56.3 Å². The molecule has 0 aromatic heterocycles. The van der Waals surface area contributed by atoms with Crippen LogP contribution >= 0.6 is 0 Å². The molecule has 0 spiro atoms. The summed E-state index contributed by atoms with van der Waals surface area (Å²) >= 11 is 0. The third-order valence-corrected chi connectivity index (χ3v) is 7.08. The van der Waals surface area contributed by atoms with E-state index in [9.17, 15) is 9.59 Å². The molecule has 0 saturated heterocycles. The molecule has 3 unspecified atom stereocenters. The zero-order valence-electron chi connectivity index (χ0n) is 20.3. The van der Waals surface area contributed by atoms with Crippen LogP contribution in [0, 0.1) is 11.8 Å². The van der Waals surface area contributed by atoms with E-state index in [0.717, 1.165) is 23.1 Å². The maximum Gasteiger partial charge on any atom is 0.338 e. The number of ether oxygens (including phenoxy) is 2. The SMILES string of the molecule is CC1Cc2ccccc2C(OC(=O)C(C)(C)c2ccc(C(=O)OCc3ccccc3)cc2)C1C. The third-order valence-electron chi connectivity index (χ3n) is 7.08. The first-order chi connectivity index (χ1) is 16.3. The lowest BCUT2D eigenvalue weighted by atomic mass is 9.75. The van der Waals surface area contributed by atoms with Gasteiger partial charge in [0.15, 0.2) is 0 Å². The molecule has 1 aliphatic rings. The number of benzene rings is 3. The van der Waals surface area contributed by atoms with Crippen LogP contribution in [0.25, 0.3) is 0 Å². The lowest BCUT2D eigenvalue weighted by Crippen LogP contribution is -2.36. The Morgan fingerprint density at radius 3 is 2.24 bits per heavy atom. The minimum Gasteiger partial charge on any atom is -0.457 e. The molecule has 0 saturated carbocycles. The molecule has 4 rings (SSSR count). The van der Waals surface area contributed by atoms with Crippen molar-refractivity contribution in [2.24, 2.45) is 11.8 Å². The molecule has 3 aromatic rings. The summed E-state index contributed by atoms with van der Waals surface area (Å²) in [6.45, 7) is 8.31. The second-order valence-corrected chi connectivity index (χ2v) is 9.83. The first-order valence-electron chi connectivity index (χ1n) is 11.9. The van der Waals surface area contributed by atoms with Gasteiger partial charge in [-0.3, -0.25) is 4.79 Å². The summed E-state index contributed by atoms with van der Waals surface area (Å²) in [5, 5.41) is 0. The van der Waals surface area contributed by atoms with E-state index < -0.39 is 11.4 Å². The maximum absolute atomic E-state index is 13.4. The Morgan fingerprint density at radius 1 is 0.882 bits per heavy atom. The number of hydrogen-bond donors (Lipinski definition) is 0. The van der Waals surface area contributed by atoms with Crippen molar-refractivity contribution in [3.8, 4) is 0 Å². The van der Waals surface area contributed by atoms with Crippen molar-refractivity contribution >= 4 is 11.9 Å². The predicted molar refractivity (Wildman–Crippen MR) is 132 cm³/mol. The van der Waals surface area contributed by atoms with Crippen LogP contribution in [0.2, 0.25) is 0 Å². The van der Waals surface area contributed by atoms with Crippen LogP contribution in [0.5, 0.6) is 0 Å². The molecule has 3 atom stereocenters. The van der Waals surface area contributed by atoms with Gasteiger partial charge in [-0.15, -0.1) is 0 Å². The quantitative estimate of drug-likeness (QED) is 0.401. The number of carbonyl (C=O) groups excluding carboxylic acids is 2. The van der Waals surface area contributed by atoms with Gasteiger partial charge in [-0.25, -0.2) is 4.79 Å². The molecule has 3 aromatic carbocycles. The number of rotatable bonds is 6. The van der Waals surface area contributed by atoms with Gasteiger partial charge in [-0.2, -0.15) is 0 Å². The average Bonchev–Trinajstić information content (AvgIpc) is 2.85. The van der Waals surface area contributed by atoms with Gasteiger partial charge in [-0.05, 0) is 60.6 Å². The minimum atomic E-state index is -0.859. The first kappa shape index (κ1) is 23.7. The van der Waals surface area contributed by atoms with Crippen LogP contribution in [0.15, 0.2) is 78.9 Å². The fraction of sp³-hybridized carbons (Fsp3) is 0.333.